The lowest BCUT2D eigenvalue weighted by atomic mass is 10.0. The third-order valence-corrected chi connectivity index (χ3v) is 4.17. The second-order valence-electron chi connectivity index (χ2n) is 5.64. The Labute approximate surface area is 120 Å². The van der Waals surface area contributed by atoms with Gasteiger partial charge in [-0.1, -0.05) is 24.3 Å². The summed E-state index contributed by atoms with van der Waals surface area (Å²) in [5, 5.41) is 3.55. The molecule has 104 valence electrons. The maximum atomic E-state index is 4.34. The lowest BCUT2D eigenvalue weighted by Gasteiger charge is -2.15. The van der Waals surface area contributed by atoms with E-state index in [1.165, 1.54) is 19.3 Å². The summed E-state index contributed by atoms with van der Waals surface area (Å²) in [5.74, 6) is 0.786. The summed E-state index contributed by atoms with van der Waals surface area (Å²) in [7, 11) is 0. The van der Waals surface area contributed by atoms with Crippen LogP contribution in [-0.2, 0) is 12.8 Å². The van der Waals surface area contributed by atoms with Crippen molar-refractivity contribution in [3.8, 4) is 0 Å². The minimum Gasteiger partial charge on any atom is -0.309 e. The Bertz CT molecular complexity index is 528. The van der Waals surface area contributed by atoms with Gasteiger partial charge in [0, 0.05) is 24.6 Å². The Morgan fingerprint density at radius 1 is 1.20 bits per heavy atom. The van der Waals surface area contributed by atoms with Crippen molar-refractivity contribution in [3.05, 3.63) is 59.7 Å². The van der Waals surface area contributed by atoms with E-state index in [-0.39, 0.29) is 6.04 Å². The number of fused-ring (bicyclic) bond motifs is 1. The van der Waals surface area contributed by atoms with E-state index in [9.17, 15) is 0 Å². The highest BCUT2D eigenvalue weighted by Gasteiger charge is 2.20. The smallest absolute Gasteiger partial charge is 0.0753 e. The molecule has 0 amide bonds. The molecule has 1 N–H and O–H groups in total. The molecule has 1 atom stereocenters. The largest absolute Gasteiger partial charge is 0.309 e. The molecular weight excluding hydrogens is 246 g/mol. The Kier molecular flexibility index (Phi) is 4.07. The van der Waals surface area contributed by atoms with E-state index in [0.717, 1.165) is 18.2 Å². The molecule has 1 aromatic heterocycles. The maximum Gasteiger partial charge on any atom is 0.0753 e. The molecular formula is C17H21N3. The van der Waals surface area contributed by atoms with Crippen LogP contribution in [0.5, 0.6) is 0 Å². The third kappa shape index (κ3) is 3.05. The number of nitrogens with zero attached hydrogens (tertiary/aromatic N) is 2. The Morgan fingerprint density at radius 3 is 2.60 bits per heavy atom. The van der Waals surface area contributed by atoms with Crippen LogP contribution >= 0.6 is 0 Å². The molecule has 0 bridgehead atoms. The van der Waals surface area contributed by atoms with Crippen LogP contribution in [0.2, 0.25) is 0 Å². The van der Waals surface area contributed by atoms with Crippen molar-refractivity contribution in [1.29, 1.82) is 0 Å². The van der Waals surface area contributed by atoms with Crippen molar-refractivity contribution in [3.63, 3.8) is 0 Å². The van der Waals surface area contributed by atoms with Crippen molar-refractivity contribution < 1.29 is 0 Å². The third-order valence-electron chi connectivity index (χ3n) is 4.17. The van der Waals surface area contributed by atoms with Crippen LogP contribution < -0.4 is 5.32 Å². The van der Waals surface area contributed by atoms with Crippen molar-refractivity contribution in [2.75, 3.05) is 6.54 Å². The first-order valence-corrected chi connectivity index (χ1v) is 7.39. The minimum absolute atomic E-state index is 0.271. The molecule has 3 rings (SSSR count). The van der Waals surface area contributed by atoms with Crippen LogP contribution in [0.3, 0.4) is 0 Å². The van der Waals surface area contributed by atoms with Crippen molar-refractivity contribution in [1.82, 2.24) is 15.3 Å². The fourth-order valence-electron chi connectivity index (χ4n) is 3.00. The van der Waals surface area contributed by atoms with Crippen molar-refractivity contribution in [2.45, 2.75) is 32.2 Å². The SMILES string of the molecule is C[C@@H](NCCC1Cc2ccccc2C1)c1cnccn1. The molecule has 0 fully saturated rings. The summed E-state index contributed by atoms with van der Waals surface area (Å²) >= 11 is 0. The molecule has 0 saturated heterocycles. The number of nitrogens with one attached hydrogen (secondary N) is 1. The van der Waals surface area contributed by atoms with Gasteiger partial charge in [-0.2, -0.15) is 0 Å². The number of benzene rings is 1. The normalized spacial score (nSPS) is 16.1. The monoisotopic (exact) mass is 267 g/mol. The van der Waals surface area contributed by atoms with Gasteiger partial charge in [0.05, 0.1) is 5.69 Å². The van der Waals surface area contributed by atoms with E-state index in [1.54, 1.807) is 23.5 Å². The van der Waals surface area contributed by atoms with Gasteiger partial charge in [0.2, 0.25) is 0 Å². The average molecular weight is 267 g/mol. The molecule has 3 heteroatoms. The molecule has 0 saturated carbocycles. The summed E-state index contributed by atoms with van der Waals surface area (Å²) in [6.07, 6.45) is 8.99. The van der Waals surface area contributed by atoms with Gasteiger partial charge in [-0.25, -0.2) is 0 Å². The van der Waals surface area contributed by atoms with E-state index in [4.69, 9.17) is 0 Å². The Hall–Kier alpha value is -1.74. The van der Waals surface area contributed by atoms with Crippen molar-refractivity contribution in [2.24, 2.45) is 5.92 Å². The summed E-state index contributed by atoms with van der Waals surface area (Å²) in [4.78, 5) is 8.45. The molecule has 0 aliphatic heterocycles. The van der Waals surface area contributed by atoms with Gasteiger partial charge < -0.3 is 5.32 Å². The molecule has 2 aromatic rings. The number of hydrogen-bond donors (Lipinski definition) is 1. The molecule has 1 aliphatic rings. The molecule has 1 aliphatic carbocycles. The zero-order chi connectivity index (χ0) is 13.8. The van der Waals surface area contributed by atoms with E-state index >= 15 is 0 Å². The lowest BCUT2D eigenvalue weighted by Crippen LogP contribution is -2.23. The molecule has 1 heterocycles. The first-order valence-electron chi connectivity index (χ1n) is 7.39. The van der Waals surface area contributed by atoms with Crippen LogP contribution in [-0.4, -0.2) is 16.5 Å². The van der Waals surface area contributed by atoms with Gasteiger partial charge in [-0.3, -0.25) is 9.97 Å². The predicted octanol–water partition coefficient (Wildman–Crippen LogP) is 2.93. The first-order chi connectivity index (χ1) is 9.83. The summed E-state index contributed by atoms with van der Waals surface area (Å²) < 4.78 is 0. The number of hydrogen-bond acceptors (Lipinski definition) is 3. The molecule has 1 aromatic carbocycles. The van der Waals surface area contributed by atoms with E-state index in [0.29, 0.717) is 0 Å². The highest BCUT2D eigenvalue weighted by molar-refractivity contribution is 5.31. The second-order valence-corrected chi connectivity index (χ2v) is 5.64. The highest BCUT2D eigenvalue weighted by atomic mass is 14.9. The predicted molar refractivity (Wildman–Crippen MR) is 80.4 cm³/mol. The highest BCUT2D eigenvalue weighted by Crippen LogP contribution is 2.28. The molecule has 20 heavy (non-hydrogen) atoms. The van der Waals surface area contributed by atoms with Gasteiger partial charge in [0.1, 0.15) is 0 Å². The fourth-order valence-corrected chi connectivity index (χ4v) is 3.00. The summed E-state index contributed by atoms with van der Waals surface area (Å²) in [5.41, 5.74) is 4.10. The minimum atomic E-state index is 0.271. The number of aromatic nitrogens is 2. The fraction of sp³-hybridized carbons (Fsp3) is 0.412. The topological polar surface area (TPSA) is 37.8 Å². The zero-order valence-corrected chi connectivity index (χ0v) is 11.9. The van der Waals surface area contributed by atoms with Crippen LogP contribution in [0.4, 0.5) is 0 Å². The quantitative estimate of drug-likeness (QED) is 0.905. The van der Waals surface area contributed by atoms with Gasteiger partial charge in [0.25, 0.3) is 0 Å². The molecule has 0 unspecified atom stereocenters. The van der Waals surface area contributed by atoms with E-state index in [1.807, 2.05) is 6.20 Å². The average Bonchev–Trinajstić information content (AvgIpc) is 2.90. The Balaban J connectivity index is 1.46. The lowest BCUT2D eigenvalue weighted by molar-refractivity contribution is 0.457. The molecule has 0 radical (unpaired) electrons. The van der Waals surface area contributed by atoms with Gasteiger partial charge in [0.15, 0.2) is 0 Å². The van der Waals surface area contributed by atoms with Crippen LogP contribution in [0, 0.1) is 5.92 Å². The first kappa shape index (κ1) is 13.3. The summed E-state index contributed by atoms with van der Waals surface area (Å²) in [6.45, 7) is 3.18. The van der Waals surface area contributed by atoms with Crippen LogP contribution in [0.25, 0.3) is 0 Å². The van der Waals surface area contributed by atoms with Crippen LogP contribution in [0.15, 0.2) is 42.9 Å². The van der Waals surface area contributed by atoms with E-state index in [2.05, 4.69) is 46.5 Å². The van der Waals surface area contributed by atoms with E-state index < -0.39 is 0 Å². The standard InChI is InChI=1S/C17H21N3/c1-13(17-12-18-8-9-20-17)19-7-6-14-10-15-4-2-3-5-16(15)11-14/h2-5,8-9,12-14,19H,6-7,10-11H2,1H3/t13-/m1/s1. The van der Waals surface area contributed by atoms with Crippen LogP contribution in [0.1, 0.15) is 36.2 Å². The second kappa shape index (κ2) is 6.14. The van der Waals surface area contributed by atoms with Gasteiger partial charge >= 0.3 is 0 Å². The van der Waals surface area contributed by atoms with Crippen molar-refractivity contribution >= 4 is 0 Å². The van der Waals surface area contributed by atoms with Gasteiger partial charge in [-0.05, 0) is 49.8 Å². The molecule has 3 nitrogen and oxygen atoms in total. The maximum absolute atomic E-state index is 4.34. The van der Waals surface area contributed by atoms with Gasteiger partial charge in [-0.15, -0.1) is 0 Å². The summed E-state index contributed by atoms with van der Waals surface area (Å²) in [6, 6.07) is 9.11. The Morgan fingerprint density at radius 2 is 1.95 bits per heavy atom. The molecule has 0 spiro atoms. The zero-order valence-electron chi connectivity index (χ0n) is 11.9. The number of rotatable bonds is 5.